The molecule has 0 radical (unpaired) electrons. The van der Waals surface area contributed by atoms with Crippen LogP contribution in [0.5, 0.6) is 5.75 Å². The summed E-state index contributed by atoms with van der Waals surface area (Å²) in [7, 11) is -3.95. The first-order valence-corrected chi connectivity index (χ1v) is 8.44. The molecule has 2 rings (SSSR count). The van der Waals surface area contributed by atoms with Gasteiger partial charge in [0.25, 0.3) is 5.91 Å². The largest absolute Gasteiger partial charge is 0.506 e. The van der Waals surface area contributed by atoms with Crippen molar-refractivity contribution in [2.24, 2.45) is 0 Å². The monoisotopic (exact) mass is 342 g/mol. The van der Waals surface area contributed by atoms with Crippen molar-refractivity contribution in [3.05, 3.63) is 23.8 Å². The van der Waals surface area contributed by atoms with Crippen LogP contribution in [0.25, 0.3) is 0 Å². The van der Waals surface area contributed by atoms with Gasteiger partial charge in [0.15, 0.2) is 0 Å². The molecule has 1 aromatic rings. The van der Waals surface area contributed by atoms with E-state index in [4.69, 9.17) is 0 Å². The third-order valence-electron chi connectivity index (χ3n) is 3.17. The maximum Gasteiger partial charge on any atom is 0.326 e. The molecule has 0 aromatic heterocycles. The summed E-state index contributed by atoms with van der Waals surface area (Å²) in [4.78, 5) is 22.5. The fourth-order valence-electron chi connectivity index (χ4n) is 2.14. The zero-order chi connectivity index (χ0) is 17.0. The van der Waals surface area contributed by atoms with Crippen LogP contribution in [0.3, 0.4) is 0 Å². The lowest BCUT2D eigenvalue weighted by atomic mass is 10.1. The number of aromatic hydroxyl groups is 1. The van der Waals surface area contributed by atoms with Crippen molar-refractivity contribution in [2.75, 3.05) is 23.9 Å². The van der Waals surface area contributed by atoms with Crippen LogP contribution in [0.1, 0.15) is 12.5 Å². The molecule has 0 atom stereocenters. The maximum atomic E-state index is 11.7. The Balaban J connectivity index is 2.04. The Morgan fingerprint density at radius 1 is 1.39 bits per heavy atom. The molecule has 0 unspecified atom stereocenters. The zero-order valence-corrected chi connectivity index (χ0v) is 13.3. The standard InChI is InChI=1S/C13H18N4O5S/c1-2-14-13(20)15-6-5-9-3-4-10(11(18)7-9)17-8-12(19)16-23(17,21)22/h3-4,7,18H,2,5-6,8H2,1H3,(H,16,19)(H2,14,15,20). The van der Waals surface area contributed by atoms with E-state index in [1.165, 1.54) is 12.1 Å². The Hall–Kier alpha value is -2.49. The van der Waals surface area contributed by atoms with Crippen LogP contribution >= 0.6 is 0 Å². The van der Waals surface area contributed by atoms with Crippen molar-refractivity contribution in [2.45, 2.75) is 13.3 Å². The molecule has 0 saturated carbocycles. The van der Waals surface area contributed by atoms with Gasteiger partial charge in [-0.2, -0.15) is 8.42 Å². The van der Waals surface area contributed by atoms with Crippen LogP contribution in [0.15, 0.2) is 18.2 Å². The summed E-state index contributed by atoms with van der Waals surface area (Å²) in [5.74, 6) is -0.903. The van der Waals surface area contributed by atoms with Crippen LogP contribution in [-0.4, -0.2) is 45.1 Å². The predicted molar refractivity (Wildman–Crippen MR) is 83.3 cm³/mol. The Labute approximate surface area is 133 Å². The Bertz CT molecular complexity index is 719. The highest BCUT2D eigenvalue weighted by Crippen LogP contribution is 2.31. The van der Waals surface area contributed by atoms with Crippen molar-refractivity contribution in [3.63, 3.8) is 0 Å². The fourth-order valence-corrected chi connectivity index (χ4v) is 3.30. The normalized spacial score (nSPS) is 16.0. The van der Waals surface area contributed by atoms with Crippen molar-refractivity contribution in [1.29, 1.82) is 0 Å². The molecule has 4 N–H and O–H groups in total. The lowest BCUT2D eigenvalue weighted by molar-refractivity contribution is -0.117. The topological polar surface area (TPSA) is 128 Å². The Morgan fingerprint density at radius 2 is 2.13 bits per heavy atom. The van der Waals surface area contributed by atoms with E-state index in [0.29, 0.717) is 19.5 Å². The number of nitrogens with one attached hydrogen (secondary N) is 3. The highest BCUT2D eigenvalue weighted by atomic mass is 32.2. The first-order chi connectivity index (χ1) is 10.8. The van der Waals surface area contributed by atoms with Gasteiger partial charge in [-0.15, -0.1) is 0 Å². The van der Waals surface area contributed by atoms with E-state index in [-0.39, 0.29) is 24.0 Å². The number of phenols is 1. The molecule has 3 amide bonds. The lowest BCUT2D eigenvalue weighted by Gasteiger charge is -2.16. The number of carbonyl (C=O) groups excluding carboxylic acids is 2. The average Bonchev–Trinajstić information content (AvgIpc) is 2.72. The minimum Gasteiger partial charge on any atom is -0.506 e. The predicted octanol–water partition coefficient (Wildman–Crippen LogP) is -0.565. The van der Waals surface area contributed by atoms with Gasteiger partial charge in [0.1, 0.15) is 12.3 Å². The molecule has 1 saturated heterocycles. The minimum atomic E-state index is -3.95. The molecule has 1 fully saturated rings. The number of amides is 3. The van der Waals surface area contributed by atoms with E-state index in [9.17, 15) is 23.1 Å². The first-order valence-electron chi connectivity index (χ1n) is 7.00. The smallest absolute Gasteiger partial charge is 0.326 e. The average molecular weight is 342 g/mol. The van der Waals surface area contributed by atoms with Gasteiger partial charge in [-0.25, -0.2) is 13.8 Å². The third kappa shape index (κ3) is 4.03. The number of nitrogens with zero attached hydrogens (tertiary/aromatic N) is 1. The quantitative estimate of drug-likeness (QED) is 0.570. The molecular weight excluding hydrogens is 324 g/mol. The summed E-state index contributed by atoms with van der Waals surface area (Å²) < 4.78 is 26.1. The van der Waals surface area contributed by atoms with Crippen LogP contribution in [0.2, 0.25) is 0 Å². The zero-order valence-electron chi connectivity index (χ0n) is 12.5. The molecule has 1 aromatic carbocycles. The molecule has 23 heavy (non-hydrogen) atoms. The number of anilines is 1. The molecular formula is C13H18N4O5S. The van der Waals surface area contributed by atoms with Gasteiger partial charge in [0.05, 0.1) is 5.69 Å². The van der Waals surface area contributed by atoms with E-state index in [1.807, 2.05) is 11.6 Å². The minimum absolute atomic E-state index is 0.0313. The second-order valence-electron chi connectivity index (χ2n) is 4.90. The first kappa shape index (κ1) is 16.9. The number of rotatable bonds is 5. The van der Waals surface area contributed by atoms with E-state index in [2.05, 4.69) is 10.6 Å². The summed E-state index contributed by atoms with van der Waals surface area (Å²) in [6.07, 6.45) is 0.467. The molecule has 1 heterocycles. The Morgan fingerprint density at radius 3 is 2.70 bits per heavy atom. The van der Waals surface area contributed by atoms with E-state index >= 15 is 0 Å². The maximum absolute atomic E-state index is 11.7. The van der Waals surface area contributed by atoms with Gasteiger partial charge in [-0.05, 0) is 31.0 Å². The second kappa shape index (κ2) is 6.73. The molecule has 10 heteroatoms. The third-order valence-corrected chi connectivity index (χ3v) is 4.56. The van der Waals surface area contributed by atoms with Crippen molar-refractivity contribution < 1.29 is 23.1 Å². The van der Waals surface area contributed by atoms with Crippen LogP contribution in [0, 0.1) is 0 Å². The van der Waals surface area contributed by atoms with Gasteiger partial charge < -0.3 is 15.7 Å². The molecule has 9 nitrogen and oxygen atoms in total. The van der Waals surface area contributed by atoms with Gasteiger partial charge in [-0.1, -0.05) is 6.07 Å². The molecule has 0 aliphatic carbocycles. The second-order valence-corrected chi connectivity index (χ2v) is 6.49. The molecule has 126 valence electrons. The molecule has 0 spiro atoms. The summed E-state index contributed by atoms with van der Waals surface area (Å²) in [6, 6.07) is 4.19. The van der Waals surface area contributed by atoms with E-state index in [1.54, 1.807) is 6.07 Å². The van der Waals surface area contributed by atoms with Gasteiger partial charge in [0.2, 0.25) is 0 Å². The number of carbonyl (C=O) groups is 2. The Kier molecular flexibility index (Phi) is 4.94. The summed E-state index contributed by atoms with van der Waals surface area (Å²) >= 11 is 0. The van der Waals surface area contributed by atoms with E-state index in [0.717, 1.165) is 9.87 Å². The fraction of sp³-hybridized carbons (Fsp3) is 0.385. The van der Waals surface area contributed by atoms with Crippen molar-refractivity contribution in [3.8, 4) is 5.75 Å². The number of hydrogen-bond acceptors (Lipinski definition) is 5. The highest BCUT2D eigenvalue weighted by molar-refractivity contribution is 7.92. The van der Waals surface area contributed by atoms with Crippen LogP contribution in [0.4, 0.5) is 10.5 Å². The molecule has 1 aliphatic rings. The van der Waals surface area contributed by atoms with Gasteiger partial charge >= 0.3 is 16.2 Å². The summed E-state index contributed by atoms with van der Waals surface area (Å²) in [5.41, 5.74) is 0.753. The number of urea groups is 1. The van der Waals surface area contributed by atoms with Gasteiger partial charge in [0, 0.05) is 13.1 Å². The van der Waals surface area contributed by atoms with Crippen molar-refractivity contribution >= 4 is 27.8 Å². The number of benzene rings is 1. The number of hydrogen-bond donors (Lipinski definition) is 4. The molecule has 1 aliphatic heterocycles. The van der Waals surface area contributed by atoms with Crippen LogP contribution < -0.4 is 19.7 Å². The molecule has 0 bridgehead atoms. The lowest BCUT2D eigenvalue weighted by Crippen LogP contribution is -2.36. The highest BCUT2D eigenvalue weighted by Gasteiger charge is 2.35. The number of phenolic OH excluding ortho intramolecular Hbond substituents is 1. The van der Waals surface area contributed by atoms with Crippen molar-refractivity contribution in [1.82, 2.24) is 15.4 Å². The summed E-state index contributed by atoms with van der Waals surface area (Å²) in [5, 5.41) is 15.3. The summed E-state index contributed by atoms with van der Waals surface area (Å²) in [6.45, 7) is 2.33. The van der Waals surface area contributed by atoms with E-state index < -0.39 is 16.1 Å². The van der Waals surface area contributed by atoms with Gasteiger partial charge in [-0.3, -0.25) is 4.79 Å². The SMILES string of the molecule is CCNC(=O)NCCc1ccc(N2CC(=O)NS2(=O)=O)c(O)c1. The van der Waals surface area contributed by atoms with Crippen LogP contribution in [-0.2, 0) is 21.4 Å².